The number of hydrogen-bond acceptors (Lipinski definition) is 4. The number of nitrogen functional groups attached to an aromatic ring is 1. The van der Waals surface area contributed by atoms with Crippen LogP contribution in [0.5, 0.6) is 0 Å². The zero-order chi connectivity index (χ0) is 12.0. The molecule has 1 aliphatic carbocycles. The molecule has 0 fully saturated rings. The number of fused-ring (bicyclic) bond motifs is 1. The molecule has 0 unspecified atom stereocenters. The van der Waals surface area contributed by atoms with Gasteiger partial charge in [0.1, 0.15) is 11.1 Å². The lowest BCUT2D eigenvalue weighted by Gasteiger charge is -1.88. The molecule has 4 heteroatoms. The van der Waals surface area contributed by atoms with Gasteiger partial charge in [0.15, 0.2) is 0 Å². The highest BCUT2D eigenvalue weighted by molar-refractivity contribution is 7.16. The summed E-state index contributed by atoms with van der Waals surface area (Å²) in [7, 11) is 0. The minimum atomic E-state index is 0.706. The lowest BCUT2D eigenvalue weighted by molar-refractivity contribution is 0.762. The molecule has 3 N–H and O–H groups in total. The minimum Gasteiger partial charge on any atom is -0.389 e. The van der Waals surface area contributed by atoms with Gasteiger partial charge in [-0.2, -0.15) is 5.26 Å². The third-order valence-electron chi connectivity index (χ3n) is 2.56. The van der Waals surface area contributed by atoms with Crippen LogP contribution in [0.15, 0.2) is 0 Å². The lowest BCUT2D eigenvalue weighted by atomic mass is 10.1. The third kappa shape index (κ3) is 2.97. The Bertz CT molecular complexity index is 374. The van der Waals surface area contributed by atoms with Crippen molar-refractivity contribution < 1.29 is 0 Å². The number of hydrogen-bond donors (Lipinski definition) is 2. The highest BCUT2D eigenvalue weighted by Gasteiger charge is 2.20. The molecule has 0 atom stereocenters. The zero-order valence-electron chi connectivity index (χ0n) is 9.97. The van der Waals surface area contributed by atoms with Gasteiger partial charge in [0.2, 0.25) is 0 Å². The molecule has 3 nitrogen and oxygen atoms in total. The summed E-state index contributed by atoms with van der Waals surface area (Å²) in [4.78, 5) is 1.33. The molecule has 0 aromatic carbocycles. The van der Waals surface area contributed by atoms with Crippen LogP contribution in [0, 0.1) is 11.3 Å². The smallest absolute Gasteiger partial charge is 0.104 e. The fourth-order valence-corrected chi connectivity index (χ4v) is 2.91. The molecule has 0 saturated carbocycles. The molecule has 1 aliphatic rings. The Morgan fingerprint density at radius 3 is 2.56 bits per heavy atom. The Morgan fingerprint density at radius 1 is 1.38 bits per heavy atom. The van der Waals surface area contributed by atoms with Crippen molar-refractivity contribution >= 4 is 16.3 Å². The summed E-state index contributed by atoms with van der Waals surface area (Å²) in [5, 5.41) is 12.6. The number of nitrogens with two attached hydrogens (primary N) is 1. The molecule has 2 rings (SSSR count). The predicted octanol–water partition coefficient (Wildman–Crippen LogP) is 2.31. The molecule has 0 aliphatic heterocycles. The molecular formula is C12H19N3S. The summed E-state index contributed by atoms with van der Waals surface area (Å²) >= 11 is 1.58. The maximum Gasteiger partial charge on any atom is 0.104 e. The van der Waals surface area contributed by atoms with Crippen LogP contribution in [0.2, 0.25) is 0 Å². The Labute approximate surface area is 101 Å². The summed E-state index contributed by atoms with van der Waals surface area (Å²) in [5.74, 6) is 0. The van der Waals surface area contributed by atoms with Crippen molar-refractivity contribution in [1.29, 1.82) is 5.26 Å². The van der Waals surface area contributed by atoms with E-state index >= 15 is 0 Å². The number of rotatable bonds is 2. The topological polar surface area (TPSA) is 61.8 Å². The van der Waals surface area contributed by atoms with Crippen LogP contribution >= 0.6 is 11.3 Å². The molecular weight excluding hydrogens is 218 g/mol. The van der Waals surface area contributed by atoms with E-state index in [-0.39, 0.29) is 0 Å². The molecule has 0 radical (unpaired) electrons. The van der Waals surface area contributed by atoms with Gasteiger partial charge in [-0.3, -0.25) is 0 Å². The van der Waals surface area contributed by atoms with E-state index in [1.807, 2.05) is 0 Å². The Hall–Kier alpha value is -1.05. The van der Waals surface area contributed by atoms with Gasteiger partial charge in [0, 0.05) is 4.88 Å². The fourth-order valence-electron chi connectivity index (χ4n) is 1.80. The number of aryl methyl sites for hydroxylation is 1. The van der Waals surface area contributed by atoms with Gasteiger partial charge in [-0.25, -0.2) is 0 Å². The average Bonchev–Trinajstić information content (AvgIpc) is 2.79. The quantitative estimate of drug-likeness (QED) is 0.829. The molecule has 1 aromatic rings. The number of thiophene rings is 1. The van der Waals surface area contributed by atoms with Crippen LogP contribution in [0.1, 0.15) is 36.3 Å². The first-order valence-corrected chi connectivity index (χ1v) is 6.57. The lowest BCUT2D eigenvalue weighted by Crippen LogP contribution is -2.09. The van der Waals surface area contributed by atoms with E-state index in [2.05, 4.69) is 25.2 Å². The Kier molecular flexibility index (Phi) is 5.30. The normalized spacial score (nSPS) is 12.6. The molecule has 16 heavy (non-hydrogen) atoms. The van der Waals surface area contributed by atoms with E-state index in [9.17, 15) is 0 Å². The van der Waals surface area contributed by atoms with Gasteiger partial charge in [-0.05, 0) is 37.9 Å². The van der Waals surface area contributed by atoms with E-state index in [0.717, 1.165) is 31.5 Å². The number of anilines is 1. The van der Waals surface area contributed by atoms with E-state index < -0.39 is 0 Å². The maximum atomic E-state index is 8.75. The molecule has 1 aromatic heterocycles. The second-order valence-electron chi connectivity index (χ2n) is 3.67. The molecule has 0 amide bonds. The van der Waals surface area contributed by atoms with Crippen molar-refractivity contribution in [2.45, 2.75) is 33.1 Å². The minimum absolute atomic E-state index is 0.706. The van der Waals surface area contributed by atoms with Crippen molar-refractivity contribution in [2.24, 2.45) is 0 Å². The summed E-state index contributed by atoms with van der Waals surface area (Å²) in [6.07, 6.45) is 3.36. The van der Waals surface area contributed by atoms with E-state index in [1.54, 1.807) is 11.3 Å². The molecule has 88 valence electrons. The first-order valence-electron chi connectivity index (χ1n) is 5.75. The van der Waals surface area contributed by atoms with Crippen molar-refractivity contribution in [2.75, 3.05) is 18.8 Å². The van der Waals surface area contributed by atoms with Gasteiger partial charge < -0.3 is 11.1 Å². The van der Waals surface area contributed by atoms with E-state index in [1.165, 1.54) is 16.9 Å². The number of nitrogens with one attached hydrogen (secondary N) is 1. The average molecular weight is 237 g/mol. The second-order valence-corrected chi connectivity index (χ2v) is 4.80. The van der Waals surface area contributed by atoms with E-state index in [4.69, 9.17) is 11.0 Å². The first kappa shape index (κ1) is 13.0. The highest BCUT2D eigenvalue weighted by Crippen LogP contribution is 2.36. The van der Waals surface area contributed by atoms with Crippen LogP contribution in [0.4, 0.5) is 5.00 Å². The van der Waals surface area contributed by atoms with Gasteiger partial charge in [-0.1, -0.05) is 13.8 Å². The second kappa shape index (κ2) is 6.51. The van der Waals surface area contributed by atoms with E-state index in [0.29, 0.717) is 5.00 Å². The highest BCUT2D eigenvalue weighted by atomic mass is 32.1. The van der Waals surface area contributed by atoms with Crippen molar-refractivity contribution in [3.8, 4) is 6.07 Å². The monoisotopic (exact) mass is 237 g/mol. The third-order valence-corrected chi connectivity index (χ3v) is 3.68. The molecule has 0 bridgehead atoms. The zero-order valence-corrected chi connectivity index (χ0v) is 10.8. The summed E-state index contributed by atoms with van der Waals surface area (Å²) in [6, 6.07) is 2.16. The Balaban J connectivity index is 0.000000221. The SMILES string of the molecule is CCNCC.N#Cc1c(N)sc2c1CCC2. The summed E-state index contributed by atoms with van der Waals surface area (Å²) < 4.78 is 0. The maximum absolute atomic E-state index is 8.75. The largest absolute Gasteiger partial charge is 0.389 e. The molecule has 0 saturated heterocycles. The van der Waals surface area contributed by atoms with Crippen molar-refractivity contribution in [3.05, 3.63) is 16.0 Å². The van der Waals surface area contributed by atoms with Crippen molar-refractivity contribution in [1.82, 2.24) is 5.32 Å². The number of nitrogens with zero attached hydrogens (tertiary/aromatic N) is 1. The van der Waals surface area contributed by atoms with Crippen molar-refractivity contribution in [3.63, 3.8) is 0 Å². The molecule has 1 heterocycles. The summed E-state index contributed by atoms with van der Waals surface area (Å²) in [6.45, 7) is 6.39. The van der Waals surface area contributed by atoms with Crippen LogP contribution in [0.25, 0.3) is 0 Å². The van der Waals surface area contributed by atoms with Crippen LogP contribution in [-0.2, 0) is 12.8 Å². The number of nitriles is 1. The van der Waals surface area contributed by atoms with Crippen LogP contribution in [-0.4, -0.2) is 13.1 Å². The summed E-state index contributed by atoms with van der Waals surface area (Å²) in [5.41, 5.74) is 7.61. The van der Waals surface area contributed by atoms with Gasteiger partial charge in [0.05, 0.1) is 5.56 Å². The molecule has 0 spiro atoms. The Morgan fingerprint density at radius 2 is 2.06 bits per heavy atom. The fraction of sp³-hybridized carbons (Fsp3) is 0.583. The van der Waals surface area contributed by atoms with Gasteiger partial charge in [0.25, 0.3) is 0 Å². The predicted molar refractivity (Wildman–Crippen MR) is 69.7 cm³/mol. The van der Waals surface area contributed by atoms with Gasteiger partial charge in [-0.15, -0.1) is 11.3 Å². The first-order chi connectivity index (χ1) is 7.74. The standard InChI is InChI=1S/C8H8N2S.C4H11N/c9-4-6-5-2-1-3-7(5)11-8(6)10;1-3-5-4-2/h1-3,10H2;5H,3-4H2,1-2H3. The van der Waals surface area contributed by atoms with Gasteiger partial charge >= 0.3 is 0 Å². The van der Waals surface area contributed by atoms with Crippen LogP contribution < -0.4 is 11.1 Å². The van der Waals surface area contributed by atoms with Crippen LogP contribution in [0.3, 0.4) is 0 Å².